The summed E-state index contributed by atoms with van der Waals surface area (Å²) in [5.74, 6) is -1.11. The maximum absolute atomic E-state index is 12.8. The Hall–Kier alpha value is -0.780. The first-order chi connectivity index (χ1) is 5.54. The van der Waals surface area contributed by atoms with Gasteiger partial charge in [-0.1, -0.05) is 0 Å². The van der Waals surface area contributed by atoms with Gasteiger partial charge in [-0.15, -0.1) is 0 Å². The van der Waals surface area contributed by atoms with Gasteiger partial charge in [-0.05, 0) is 15.9 Å². The number of anilines is 1. The van der Waals surface area contributed by atoms with Crippen molar-refractivity contribution in [1.29, 1.82) is 0 Å². The van der Waals surface area contributed by atoms with Gasteiger partial charge in [0.05, 0.1) is 17.4 Å². The number of halogens is 4. The van der Waals surface area contributed by atoms with E-state index < -0.39 is 17.8 Å². The highest BCUT2D eigenvalue weighted by Gasteiger charge is 2.19. The standard InChI is InChI=1S/C6H4BrF3N2/c7-5-4(8)3(6(9)10)2(11)1-12-5/h1,6H,11H2. The Bertz CT molecular complexity index is 303. The fourth-order valence-electron chi connectivity index (χ4n) is 0.712. The van der Waals surface area contributed by atoms with Crippen LogP contribution in [-0.4, -0.2) is 4.98 Å². The molecular weight excluding hydrogens is 237 g/mol. The quantitative estimate of drug-likeness (QED) is 0.767. The maximum atomic E-state index is 12.8. The molecule has 0 fully saturated rings. The van der Waals surface area contributed by atoms with E-state index in [9.17, 15) is 13.2 Å². The lowest BCUT2D eigenvalue weighted by molar-refractivity contribution is 0.147. The Morgan fingerprint density at radius 1 is 1.50 bits per heavy atom. The Kier molecular flexibility index (Phi) is 2.56. The van der Waals surface area contributed by atoms with Crippen LogP contribution in [0.25, 0.3) is 0 Å². The van der Waals surface area contributed by atoms with Crippen LogP contribution in [0.5, 0.6) is 0 Å². The summed E-state index contributed by atoms with van der Waals surface area (Å²) in [6.07, 6.45) is -1.95. The summed E-state index contributed by atoms with van der Waals surface area (Å²) >= 11 is 2.67. The Labute approximate surface area is 74.7 Å². The van der Waals surface area contributed by atoms with Crippen molar-refractivity contribution < 1.29 is 13.2 Å². The summed E-state index contributed by atoms with van der Waals surface area (Å²) in [7, 11) is 0. The Morgan fingerprint density at radius 3 is 2.50 bits per heavy atom. The van der Waals surface area contributed by atoms with Gasteiger partial charge in [0.1, 0.15) is 4.60 Å². The molecule has 1 aromatic heterocycles. The van der Waals surface area contributed by atoms with E-state index in [-0.39, 0.29) is 10.3 Å². The van der Waals surface area contributed by atoms with E-state index in [4.69, 9.17) is 5.73 Å². The molecule has 0 saturated heterocycles. The zero-order valence-electron chi connectivity index (χ0n) is 5.69. The second-order valence-corrected chi connectivity index (χ2v) is 2.78. The van der Waals surface area contributed by atoms with Crippen molar-refractivity contribution in [3.8, 4) is 0 Å². The van der Waals surface area contributed by atoms with Crippen LogP contribution < -0.4 is 5.73 Å². The molecule has 0 aliphatic heterocycles. The molecule has 0 radical (unpaired) electrons. The molecule has 0 atom stereocenters. The molecule has 1 aromatic rings. The third-order valence-electron chi connectivity index (χ3n) is 1.26. The molecule has 2 nitrogen and oxygen atoms in total. The molecule has 0 aromatic carbocycles. The van der Waals surface area contributed by atoms with Crippen LogP contribution in [0.4, 0.5) is 18.9 Å². The van der Waals surface area contributed by atoms with E-state index in [0.29, 0.717) is 0 Å². The summed E-state index contributed by atoms with van der Waals surface area (Å²) in [6.45, 7) is 0. The SMILES string of the molecule is Nc1cnc(Br)c(F)c1C(F)F. The zero-order chi connectivity index (χ0) is 9.30. The van der Waals surface area contributed by atoms with Gasteiger partial charge in [0.2, 0.25) is 0 Å². The van der Waals surface area contributed by atoms with Crippen LogP contribution >= 0.6 is 15.9 Å². The number of hydrogen-bond acceptors (Lipinski definition) is 2. The zero-order valence-corrected chi connectivity index (χ0v) is 7.28. The molecule has 0 saturated carbocycles. The van der Waals surface area contributed by atoms with Crippen molar-refractivity contribution >= 4 is 21.6 Å². The lowest BCUT2D eigenvalue weighted by Crippen LogP contribution is -2.01. The molecule has 2 N–H and O–H groups in total. The van der Waals surface area contributed by atoms with Crippen LogP contribution in [-0.2, 0) is 0 Å². The van der Waals surface area contributed by atoms with Crippen molar-refractivity contribution in [3.05, 3.63) is 22.2 Å². The Balaban J connectivity index is 3.33. The molecule has 0 aliphatic carbocycles. The van der Waals surface area contributed by atoms with Gasteiger partial charge in [0.15, 0.2) is 5.82 Å². The number of rotatable bonds is 1. The Morgan fingerprint density at radius 2 is 2.08 bits per heavy atom. The predicted molar refractivity (Wildman–Crippen MR) is 41.3 cm³/mol. The summed E-state index contributed by atoms with van der Waals surface area (Å²) in [5.41, 5.74) is 3.94. The fraction of sp³-hybridized carbons (Fsp3) is 0.167. The molecule has 0 spiro atoms. The van der Waals surface area contributed by atoms with Crippen LogP contribution in [0, 0.1) is 5.82 Å². The maximum Gasteiger partial charge on any atom is 0.268 e. The van der Waals surface area contributed by atoms with Crippen LogP contribution in [0.3, 0.4) is 0 Å². The van der Waals surface area contributed by atoms with Crippen molar-refractivity contribution in [3.63, 3.8) is 0 Å². The molecule has 0 bridgehead atoms. The number of aromatic nitrogens is 1. The topological polar surface area (TPSA) is 38.9 Å². The normalized spacial score (nSPS) is 10.8. The molecule has 0 amide bonds. The number of hydrogen-bond donors (Lipinski definition) is 1. The van der Waals surface area contributed by atoms with Crippen LogP contribution in [0.2, 0.25) is 0 Å². The van der Waals surface area contributed by atoms with Crippen LogP contribution in [0.15, 0.2) is 10.8 Å². The molecular formula is C6H4BrF3N2. The molecule has 6 heteroatoms. The molecule has 1 heterocycles. The first-order valence-electron chi connectivity index (χ1n) is 2.91. The highest BCUT2D eigenvalue weighted by Crippen LogP contribution is 2.30. The van der Waals surface area contributed by atoms with Crippen molar-refractivity contribution in [2.75, 3.05) is 5.73 Å². The lowest BCUT2D eigenvalue weighted by Gasteiger charge is -2.05. The summed E-state index contributed by atoms with van der Waals surface area (Å²) < 4.78 is 36.8. The minimum Gasteiger partial charge on any atom is -0.397 e. The first kappa shape index (κ1) is 9.31. The van der Waals surface area contributed by atoms with Crippen molar-refractivity contribution in [1.82, 2.24) is 4.98 Å². The van der Waals surface area contributed by atoms with E-state index in [0.717, 1.165) is 6.20 Å². The molecule has 12 heavy (non-hydrogen) atoms. The monoisotopic (exact) mass is 240 g/mol. The molecule has 0 aliphatic rings. The average molecular weight is 241 g/mol. The van der Waals surface area contributed by atoms with E-state index in [2.05, 4.69) is 20.9 Å². The van der Waals surface area contributed by atoms with Gasteiger partial charge in [-0.2, -0.15) is 0 Å². The summed E-state index contributed by atoms with van der Waals surface area (Å²) in [6, 6.07) is 0. The number of pyridine rings is 1. The molecule has 66 valence electrons. The number of nitrogens with two attached hydrogens (primary N) is 1. The van der Waals surface area contributed by atoms with Gasteiger partial charge in [-0.25, -0.2) is 18.2 Å². The van der Waals surface area contributed by atoms with E-state index in [1.807, 2.05) is 0 Å². The number of alkyl halides is 2. The molecule has 0 unspecified atom stereocenters. The predicted octanol–water partition coefficient (Wildman–Crippen LogP) is 2.50. The van der Waals surface area contributed by atoms with Crippen molar-refractivity contribution in [2.24, 2.45) is 0 Å². The van der Waals surface area contributed by atoms with Gasteiger partial charge in [0.25, 0.3) is 6.43 Å². The lowest BCUT2D eigenvalue weighted by atomic mass is 10.2. The average Bonchev–Trinajstić information content (AvgIpc) is 1.97. The summed E-state index contributed by atoms with van der Waals surface area (Å²) in [4.78, 5) is 3.40. The summed E-state index contributed by atoms with van der Waals surface area (Å²) in [5, 5.41) is 0. The minimum atomic E-state index is -2.93. The second kappa shape index (κ2) is 3.30. The third-order valence-corrected chi connectivity index (χ3v) is 1.82. The van der Waals surface area contributed by atoms with Gasteiger partial charge >= 0.3 is 0 Å². The fourth-order valence-corrected chi connectivity index (χ4v) is 1.03. The van der Waals surface area contributed by atoms with E-state index in [1.54, 1.807) is 0 Å². The van der Waals surface area contributed by atoms with Gasteiger partial charge < -0.3 is 5.73 Å². The minimum absolute atomic E-state index is 0.257. The number of nitrogens with zero attached hydrogens (tertiary/aromatic N) is 1. The third kappa shape index (κ3) is 1.52. The van der Waals surface area contributed by atoms with Gasteiger partial charge in [0, 0.05) is 0 Å². The van der Waals surface area contributed by atoms with Crippen LogP contribution in [0.1, 0.15) is 12.0 Å². The van der Waals surface area contributed by atoms with Gasteiger partial charge in [-0.3, -0.25) is 0 Å². The largest absolute Gasteiger partial charge is 0.397 e. The second-order valence-electron chi connectivity index (χ2n) is 2.03. The first-order valence-corrected chi connectivity index (χ1v) is 3.71. The van der Waals surface area contributed by atoms with Crippen molar-refractivity contribution in [2.45, 2.75) is 6.43 Å². The van der Waals surface area contributed by atoms with E-state index in [1.165, 1.54) is 0 Å². The molecule has 1 rings (SSSR count). The van der Waals surface area contributed by atoms with E-state index >= 15 is 0 Å². The highest BCUT2D eigenvalue weighted by molar-refractivity contribution is 9.10. The smallest absolute Gasteiger partial charge is 0.268 e. The number of nitrogen functional groups attached to an aromatic ring is 1. The highest BCUT2D eigenvalue weighted by atomic mass is 79.9.